The molecule has 1 N–H and O–H groups in total. The van der Waals surface area contributed by atoms with E-state index >= 15 is 0 Å². The van der Waals surface area contributed by atoms with Gasteiger partial charge in [0.25, 0.3) is 0 Å². The quantitative estimate of drug-likeness (QED) is 0.512. The highest BCUT2D eigenvalue weighted by molar-refractivity contribution is 6.34. The van der Waals surface area contributed by atoms with E-state index in [4.69, 9.17) is 20.9 Å². The Morgan fingerprint density at radius 1 is 1.24 bits per heavy atom. The zero-order valence-corrected chi connectivity index (χ0v) is 19.0. The summed E-state index contributed by atoms with van der Waals surface area (Å²) in [5.41, 5.74) is 1.71. The zero-order chi connectivity index (χ0) is 23.2. The van der Waals surface area contributed by atoms with Crippen LogP contribution in [-0.2, 0) is 16.1 Å². The van der Waals surface area contributed by atoms with Gasteiger partial charge in [-0.1, -0.05) is 47.1 Å². The Labute approximate surface area is 196 Å². The Balaban J connectivity index is 1.35. The van der Waals surface area contributed by atoms with Crippen molar-refractivity contribution in [2.24, 2.45) is 5.92 Å². The SMILES string of the molecule is CCOC(=O)c1ccc(NC(=O)C2CCCN(Cc3nc(-c4ccccc4)no3)C2)cc1Cl. The standard InChI is InChI=1S/C24H25ClN4O4/c1-2-32-24(31)19-11-10-18(13-20(19)25)26-23(30)17-9-6-12-29(14-17)15-21-27-22(28-33-21)16-7-4-3-5-8-16/h3-5,7-8,10-11,13,17H,2,6,9,12,14-15H2,1H3,(H,26,30). The fraction of sp³-hybridized carbons (Fsp3) is 0.333. The monoisotopic (exact) mass is 468 g/mol. The molecule has 172 valence electrons. The van der Waals surface area contributed by atoms with E-state index in [1.165, 1.54) is 0 Å². The fourth-order valence-corrected chi connectivity index (χ4v) is 4.10. The van der Waals surface area contributed by atoms with E-state index < -0.39 is 5.97 Å². The number of nitrogens with one attached hydrogen (secondary N) is 1. The lowest BCUT2D eigenvalue weighted by Crippen LogP contribution is -2.40. The molecule has 0 aliphatic carbocycles. The van der Waals surface area contributed by atoms with Crippen molar-refractivity contribution in [3.05, 3.63) is 65.0 Å². The Morgan fingerprint density at radius 3 is 2.82 bits per heavy atom. The predicted octanol–water partition coefficient (Wildman–Crippen LogP) is 4.42. The molecule has 1 saturated heterocycles. The predicted molar refractivity (Wildman–Crippen MR) is 124 cm³/mol. The molecule has 0 bridgehead atoms. The number of piperidine rings is 1. The topological polar surface area (TPSA) is 97.6 Å². The van der Waals surface area contributed by atoms with Gasteiger partial charge in [0.2, 0.25) is 17.6 Å². The fourth-order valence-electron chi connectivity index (χ4n) is 3.84. The number of hydrogen-bond donors (Lipinski definition) is 1. The first-order chi connectivity index (χ1) is 16.0. The smallest absolute Gasteiger partial charge is 0.339 e. The lowest BCUT2D eigenvalue weighted by atomic mass is 9.97. The summed E-state index contributed by atoms with van der Waals surface area (Å²) in [6, 6.07) is 14.4. The number of nitrogens with zero attached hydrogens (tertiary/aromatic N) is 3. The lowest BCUT2D eigenvalue weighted by Gasteiger charge is -2.30. The molecule has 1 fully saturated rings. The van der Waals surface area contributed by atoms with E-state index in [0.29, 0.717) is 30.5 Å². The zero-order valence-electron chi connectivity index (χ0n) is 18.3. The Morgan fingerprint density at radius 2 is 2.06 bits per heavy atom. The first kappa shape index (κ1) is 22.9. The average molecular weight is 469 g/mol. The maximum Gasteiger partial charge on any atom is 0.339 e. The van der Waals surface area contributed by atoms with Crippen LogP contribution in [0.2, 0.25) is 5.02 Å². The van der Waals surface area contributed by atoms with Crippen LogP contribution in [0.5, 0.6) is 0 Å². The summed E-state index contributed by atoms with van der Waals surface area (Å²) >= 11 is 6.21. The molecule has 1 aliphatic rings. The van der Waals surface area contributed by atoms with Gasteiger partial charge in [-0.2, -0.15) is 4.98 Å². The van der Waals surface area contributed by atoms with E-state index in [1.54, 1.807) is 25.1 Å². The second-order valence-electron chi connectivity index (χ2n) is 7.86. The van der Waals surface area contributed by atoms with Crippen molar-refractivity contribution < 1.29 is 18.8 Å². The molecule has 1 aliphatic heterocycles. The van der Waals surface area contributed by atoms with Gasteiger partial charge in [0, 0.05) is 17.8 Å². The molecule has 1 amide bonds. The third-order valence-corrected chi connectivity index (χ3v) is 5.78. The summed E-state index contributed by atoms with van der Waals surface area (Å²) in [5, 5.41) is 7.21. The summed E-state index contributed by atoms with van der Waals surface area (Å²) in [6.45, 7) is 3.93. The Hall–Kier alpha value is -3.23. The molecule has 8 nitrogen and oxygen atoms in total. The number of esters is 1. The second kappa shape index (κ2) is 10.6. The molecule has 1 aromatic heterocycles. The Bertz CT molecular complexity index is 1120. The first-order valence-electron chi connectivity index (χ1n) is 10.9. The van der Waals surface area contributed by atoms with Gasteiger partial charge in [-0.15, -0.1) is 0 Å². The van der Waals surface area contributed by atoms with Crippen molar-refractivity contribution >= 4 is 29.2 Å². The van der Waals surface area contributed by atoms with Crippen LogP contribution in [0.25, 0.3) is 11.4 Å². The minimum atomic E-state index is -0.486. The van der Waals surface area contributed by atoms with Gasteiger partial charge in [0.05, 0.1) is 29.7 Å². The summed E-state index contributed by atoms with van der Waals surface area (Å²) < 4.78 is 10.4. The van der Waals surface area contributed by atoms with E-state index in [2.05, 4.69) is 20.4 Å². The number of aromatic nitrogens is 2. The van der Waals surface area contributed by atoms with Crippen molar-refractivity contribution in [3.63, 3.8) is 0 Å². The van der Waals surface area contributed by atoms with Gasteiger partial charge in [0.1, 0.15) is 0 Å². The van der Waals surface area contributed by atoms with Crippen molar-refractivity contribution in [2.75, 3.05) is 25.0 Å². The summed E-state index contributed by atoms with van der Waals surface area (Å²) in [6.07, 6.45) is 1.68. The number of anilines is 1. The first-order valence-corrected chi connectivity index (χ1v) is 11.3. The lowest BCUT2D eigenvalue weighted by molar-refractivity contribution is -0.121. The molecule has 1 atom stereocenters. The van der Waals surface area contributed by atoms with Crippen LogP contribution in [0.3, 0.4) is 0 Å². The highest BCUT2D eigenvalue weighted by Crippen LogP contribution is 2.25. The molecule has 0 spiro atoms. The van der Waals surface area contributed by atoms with Gasteiger partial charge in [-0.25, -0.2) is 4.79 Å². The average Bonchev–Trinajstić information content (AvgIpc) is 3.28. The molecule has 9 heteroatoms. The van der Waals surface area contributed by atoms with E-state index in [9.17, 15) is 9.59 Å². The van der Waals surface area contributed by atoms with E-state index in [-0.39, 0.29) is 29.0 Å². The maximum atomic E-state index is 12.9. The molecular weight excluding hydrogens is 444 g/mol. The van der Waals surface area contributed by atoms with Gasteiger partial charge >= 0.3 is 5.97 Å². The number of rotatable bonds is 7. The van der Waals surface area contributed by atoms with Crippen LogP contribution in [0.15, 0.2) is 53.1 Å². The van der Waals surface area contributed by atoms with Gasteiger partial charge < -0.3 is 14.6 Å². The number of amides is 1. The van der Waals surface area contributed by atoms with Crippen molar-refractivity contribution in [1.82, 2.24) is 15.0 Å². The van der Waals surface area contributed by atoms with Crippen LogP contribution in [0.4, 0.5) is 5.69 Å². The number of halogens is 1. The molecule has 2 heterocycles. The molecule has 4 rings (SSSR count). The van der Waals surface area contributed by atoms with E-state index in [0.717, 1.165) is 24.9 Å². The molecule has 2 aromatic carbocycles. The van der Waals surface area contributed by atoms with Gasteiger partial charge in [-0.3, -0.25) is 9.69 Å². The normalized spacial score (nSPS) is 16.4. The number of hydrogen-bond acceptors (Lipinski definition) is 7. The number of benzene rings is 2. The van der Waals surface area contributed by atoms with Crippen molar-refractivity contribution in [1.29, 1.82) is 0 Å². The van der Waals surface area contributed by atoms with Crippen LogP contribution in [0, 0.1) is 5.92 Å². The molecule has 33 heavy (non-hydrogen) atoms. The van der Waals surface area contributed by atoms with Crippen LogP contribution in [0.1, 0.15) is 36.0 Å². The summed E-state index contributed by atoms with van der Waals surface area (Å²) in [5.74, 6) is 0.324. The highest BCUT2D eigenvalue weighted by Gasteiger charge is 2.27. The van der Waals surface area contributed by atoms with Crippen LogP contribution >= 0.6 is 11.6 Å². The second-order valence-corrected chi connectivity index (χ2v) is 8.26. The minimum Gasteiger partial charge on any atom is -0.462 e. The van der Waals surface area contributed by atoms with Crippen molar-refractivity contribution in [3.8, 4) is 11.4 Å². The van der Waals surface area contributed by atoms with Gasteiger partial charge in [-0.05, 0) is 44.5 Å². The molecular formula is C24H25ClN4O4. The number of carbonyl (C=O) groups is 2. The highest BCUT2D eigenvalue weighted by atomic mass is 35.5. The third-order valence-electron chi connectivity index (χ3n) is 5.47. The summed E-state index contributed by atoms with van der Waals surface area (Å²) in [7, 11) is 0. The molecule has 1 unspecified atom stereocenters. The van der Waals surface area contributed by atoms with Gasteiger partial charge in [0.15, 0.2) is 0 Å². The van der Waals surface area contributed by atoms with Crippen LogP contribution in [-0.4, -0.2) is 46.6 Å². The summed E-state index contributed by atoms with van der Waals surface area (Å²) in [4.78, 5) is 31.4. The number of carbonyl (C=O) groups excluding carboxylic acids is 2. The maximum absolute atomic E-state index is 12.9. The third kappa shape index (κ3) is 5.77. The van der Waals surface area contributed by atoms with Crippen LogP contribution < -0.4 is 5.32 Å². The number of likely N-dealkylation sites (tertiary alicyclic amines) is 1. The molecule has 0 radical (unpaired) electrons. The van der Waals surface area contributed by atoms with Crippen molar-refractivity contribution in [2.45, 2.75) is 26.3 Å². The van der Waals surface area contributed by atoms with E-state index in [1.807, 2.05) is 30.3 Å². The Kier molecular flexibility index (Phi) is 7.36. The minimum absolute atomic E-state index is 0.0878. The molecule has 3 aromatic rings. The molecule has 0 saturated carbocycles. The largest absolute Gasteiger partial charge is 0.462 e. The number of ether oxygens (including phenoxy) is 1.